The highest BCUT2D eigenvalue weighted by Gasteiger charge is 2.60. The van der Waals surface area contributed by atoms with Crippen LogP contribution in [0.25, 0.3) is 10.6 Å². The molecule has 4 aliphatic rings. The second kappa shape index (κ2) is 6.67. The number of aliphatic hydroxyl groups is 1. The van der Waals surface area contributed by atoms with Crippen molar-refractivity contribution < 1.29 is 14.6 Å². The summed E-state index contributed by atoms with van der Waals surface area (Å²) < 4.78 is 5.74. The molecule has 5 heteroatoms. The van der Waals surface area contributed by atoms with Gasteiger partial charge in [-0.05, 0) is 62.3 Å². The molecule has 4 aliphatic carbocycles. The maximum absolute atomic E-state index is 13.0. The van der Waals surface area contributed by atoms with E-state index in [2.05, 4.69) is 36.2 Å². The van der Waals surface area contributed by atoms with E-state index >= 15 is 0 Å². The Balaban J connectivity index is 1.25. The number of benzene rings is 1. The minimum Gasteiger partial charge on any atom is -0.459 e. The summed E-state index contributed by atoms with van der Waals surface area (Å²) in [6, 6.07) is 8.47. The number of aromatic nitrogens is 1. The van der Waals surface area contributed by atoms with E-state index in [1.807, 2.05) is 5.38 Å². The molecular formula is C23H27NO3S. The number of carbonyl (C=O) groups is 1. The Kier molecular flexibility index (Phi) is 4.36. The van der Waals surface area contributed by atoms with Crippen LogP contribution in [0.15, 0.2) is 29.6 Å². The summed E-state index contributed by atoms with van der Waals surface area (Å²) in [6.45, 7) is 2.37. The summed E-state index contributed by atoms with van der Waals surface area (Å²) in [5.41, 5.74) is 2.11. The van der Waals surface area contributed by atoms with Crippen LogP contribution in [0.1, 0.15) is 56.7 Å². The third-order valence-electron chi connectivity index (χ3n) is 6.98. The lowest BCUT2D eigenvalue weighted by Gasteiger charge is -2.58. The van der Waals surface area contributed by atoms with Gasteiger partial charge in [-0.1, -0.05) is 31.2 Å². The van der Waals surface area contributed by atoms with Crippen molar-refractivity contribution in [2.24, 2.45) is 17.3 Å². The summed E-state index contributed by atoms with van der Waals surface area (Å²) >= 11 is 1.58. The van der Waals surface area contributed by atoms with Crippen molar-refractivity contribution in [3.05, 3.63) is 40.9 Å². The number of thiazole rings is 1. The van der Waals surface area contributed by atoms with Crippen molar-refractivity contribution in [3.8, 4) is 10.6 Å². The van der Waals surface area contributed by atoms with Gasteiger partial charge in [0.05, 0.1) is 16.7 Å². The molecule has 1 heterocycles. The van der Waals surface area contributed by atoms with Crippen LogP contribution >= 0.6 is 11.3 Å². The Morgan fingerprint density at radius 2 is 1.93 bits per heavy atom. The van der Waals surface area contributed by atoms with Crippen LogP contribution in [0.3, 0.4) is 0 Å². The average Bonchev–Trinajstić information content (AvgIpc) is 3.13. The predicted molar refractivity (Wildman–Crippen MR) is 109 cm³/mol. The van der Waals surface area contributed by atoms with E-state index in [4.69, 9.17) is 4.74 Å². The first-order chi connectivity index (χ1) is 13.5. The third kappa shape index (κ3) is 3.18. The molecule has 148 valence electrons. The molecule has 0 saturated heterocycles. The Hall–Kier alpha value is -1.72. The summed E-state index contributed by atoms with van der Waals surface area (Å²) in [4.78, 5) is 17.7. The molecule has 2 unspecified atom stereocenters. The average molecular weight is 398 g/mol. The van der Waals surface area contributed by atoms with Crippen LogP contribution in [0.5, 0.6) is 0 Å². The molecule has 1 aromatic heterocycles. The zero-order valence-corrected chi connectivity index (χ0v) is 17.1. The van der Waals surface area contributed by atoms with Gasteiger partial charge in [0.2, 0.25) is 0 Å². The Morgan fingerprint density at radius 3 is 2.57 bits per heavy atom. The van der Waals surface area contributed by atoms with Crippen molar-refractivity contribution in [2.75, 3.05) is 0 Å². The van der Waals surface area contributed by atoms with Gasteiger partial charge in [0.25, 0.3) is 0 Å². The molecule has 1 aromatic carbocycles. The largest absolute Gasteiger partial charge is 0.459 e. The lowest BCUT2D eigenvalue weighted by molar-refractivity contribution is -0.197. The number of esters is 1. The van der Waals surface area contributed by atoms with Crippen LogP contribution in [-0.2, 0) is 22.6 Å². The molecule has 28 heavy (non-hydrogen) atoms. The third-order valence-corrected chi connectivity index (χ3v) is 7.92. The summed E-state index contributed by atoms with van der Waals surface area (Å²) in [5.74, 6) is 0.841. The fraction of sp³-hybridized carbons (Fsp3) is 0.565. The summed E-state index contributed by atoms with van der Waals surface area (Å²) in [7, 11) is 0. The lowest BCUT2D eigenvalue weighted by atomic mass is 9.48. The van der Waals surface area contributed by atoms with Gasteiger partial charge in [-0.3, -0.25) is 4.79 Å². The second-order valence-corrected chi connectivity index (χ2v) is 10.1. The molecule has 4 nitrogen and oxygen atoms in total. The molecule has 4 atom stereocenters. The Labute approximate surface area is 170 Å². The smallest absolute Gasteiger partial charge is 0.312 e. The van der Waals surface area contributed by atoms with Gasteiger partial charge < -0.3 is 9.84 Å². The summed E-state index contributed by atoms with van der Waals surface area (Å²) in [5, 5.41) is 13.8. The molecule has 0 aliphatic heterocycles. The molecule has 0 amide bonds. The molecule has 4 bridgehead atoms. The minimum absolute atomic E-state index is 0.123. The lowest BCUT2D eigenvalue weighted by Crippen LogP contribution is -2.58. The number of carbonyl (C=O) groups excluding carboxylic acids is 1. The maximum atomic E-state index is 13.0. The fourth-order valence-corrected chi connectivity index (χ4v) is 6.95. The van der Waals surface area contributed by atoms with Gasteiger partial charge in [0.15, 0.2) is 0 Å². The number of nitrogens with zero attached hydrogens (tertiary/aromatic N) is 1. The van der Waals surface area contributed by atoms with E-state index in [1.165, 1.54) is 12.0 Å². The van der Waals surface area contributed by atoms with Gasteiger partial charge in [-0.15, -0.1) is 11.3 Å². The monoisotopic (exact) mass is 397 g/mol. The van der Waals surface area contributed by atoms with Crippen LogP contribution in [0.2, 0.25) is 0 Å². The highest BCUT2D eigenvalue weighted by atomic mass is 32.1. The molecule has 6 rings (SSSR count). The standard InChI is InChI=1S/C23H27NO3S/c1-2-15-3-5-18(6-4-15)20-24-19(13-28-20)12-27-21(25)22-8-16-7-17(9-22)11-23(26,10-16)14-22/h3-6,13,16-17,26H,2,7-12,14H2,1H3/t16-,17+,22?,23?. The van der Waals surface area contributed by atoms with Crippen LogP contribution in [0.4, 0.5) is 0 Å². The zero-order chi connectivity index (χ0) is 19.4. The Bertz CT molecular complexity index is 874. The van der Waals surface area contributed by atoms with Crippen molar-refractivity contribution >= 4 is 17.3 Å². The van der Waals surface area contributed by atoms with Crippen LogP contribution in [0, 0.1) is 17.3 Å². The number of hydrogen-bond acceptors (Lipinski definition) is 5. The zero-order valence-electron chi connectivity index (χ0n) is 16.3. The minimum atomic E-state index is -0.637. The van der Waals surface area contributed by atoms with Crippen molar-refractivity contribution in [1.29, 1.82) is 0 Å². The quantitative estimate of drug-likeness (QED) is 0.740. The van der Waals surface area contributed by atoms with Gasteiger partial charge in [0, 0.05) is 10.9 Å². The molecule has 0 spiro atoms. The van der Waals surface area contributed by atoms with Crippen molar-refractivity contribution in [1.82, 2.24) is 4.98 Å². The van der Waals surface area contributed by atoms with E-state index in [1.54, 1.807) is 11.3 Å². The van der Waals surface area contributed by atoms with Gasteiger partial charge in [0.1, 0.15) is 11.6 Å². The number of ether oxygens (including phenoxy) is 1. The molecular weight excluding hydrogens is 370 g/mol. The molecule has 4 fully saturated rings. The maximum Gasteiger partial charge on any atom is 0.312 e. The van der Waals surface area contributed by atoms with E-state index < -0.39 is 11.0 Å². The second-order valence-electron chi connectivity index (χ2n) is 9.24. The molecule has 1 N–H and O–H groups in total. The van der Waals surface area contributed by atoms with Crippen molar-refractivity contribution in [3.63, 3.8) is 0 Å². The van der Waals surface area contributed by atoms with Gasteiger partial charge in [-0.2, -0.15) is 0 Å². The van der Waals surface area contributed by atoms with Gasteiger partial charge in [-0.25, -0.2) is 4.98 Å². The predicted octanol–water partition coefficient (Wildman–Crippen LogP) is 4.75. The summed E-state index contributed by atoms with van der Waals surface area (Å²) in [6.07, 6.45) is 6.28. The first-order valence-corrected chi connectivity index (χ1v) is 11.3. The van der Waals surface area contributed by atoms with Crippen LogP contribution in [-0.4, -0.2) is 21.7 Å². The van der Waals surface area contributed by atoms with E-state index in [0.29, 0.717) is 18.3 Å². The first kappa shape index (κ1) is 18.3. The van der Waals surface area contributed by atoms with Crippen molar-refractivity contribution in [2.45, 2.75) is 64.1 Å². The number of rotatable bonds is 5. The SMILES string of the molecule is CCc1ccc(-c2nc(COC(=O)C34C[C@@H]5C[C@@H](CC(O)(C5)C3)C4)cs2)cc1. The number of hydrogen-bond donors (Lipinski definition) is 1. The van der Waals surface area contributed by atoms with Gasteiger partial charge >= 0.3 is 5.97 Å². The fourth-order valence-electron chi connectivity index (χ4n) is 6.13. The topological polar surface area (TPSA) is 59.4 Å². The molecule has 4 saturated carbocycles. The van der Waals surface area contributed by atoms with E-state index in [-0.39, 0.29) is 12.6 Å². The highest BCUT2D eigenvalue weighted by Crippen LogP contribution is 2.62. The molecule has 2 aromatic rings. The van der Waals surface area contributed by atoms with E-state index in [9.17, 15) is 9.90 Å². The normalized spacial score (nSPS) is 33.2. The Morgan fingerprint density at radius 1 is 1.21 bits per heavy atom. The van der Waals surface area contributed by atoms with E-state index in [0.717, 1.165) is 48.4 Å². The highest BCUT2D eigenvalue weighted by molar-refractivity contribution is 7.13. The van der Waals surface area contributed by atoms with Crippen LogP contribution < -0.4 is 0 Å². The number of aryl methyl sites for hydroxylation is 1. The molecule has 0 radical (unpaired) electrons. The first-order valence-electron chi connectivity index (χ1n) is 10.4.